The van der Waals surface area contributed by atoms with Gasteiger partial charge in [0.15, 0.2) is 0 Å². The van der Waals surface area contributed by atoms with Gasteiger partial charge in [0.1, 0.15) is 11.6 Å². The maximum absolute atomic E-state index is 13.4. The number of nitrogens with two attached hydrogens (primary N) is 1. The van der Waals surface area contributed by atoms with Crippen LogP contribution in [-0.4, -0.2) is 37.2 Å². The molecule has 2 N–H and O–H groups in total. The van der Waals surface area contributed by atoms with E-state index in [0.29, 0.717) is 13.0 Å². The van der Waals surface area contributed by atoms with Crippen molar-refractivity contribution < 1.29 is 9.13 Å². The van der Waals surface area contributed by atoms with E-state index in [0.717, 1.165) is 30.7 Å². The summed E-state index contributed by atoms with van der Waals surface area (Å²) in [4.78, 5) is 2.47. The van der Waals surface area contributed by atoms with Crippen LogP contribution in [0.4, 0.5) is 4.39 Å². The summed E-state index contributed by atoms with van der Waals surface area (Å²) in [5.74, 6) is 0.555. The van der Waals surface area contributed by atoms with Crippen molar-refractivity contribution in [3.8, 4) is 5.75 Å². The largest absolute Gasteiger partial charge is 0.493 e. The minimum atomic E-state index is -0.224. The van der Waals surface area contributed by atoms with Crippen LogP contribution in [0.3, 0.4) is 0 Å². The maximum atomic E-state index is 13.4. The average Bonchev–Trinajstić information content (AvgIpc) is 2.98. The Labute approximate surface area is 127 Å². The first-order valence-electron chi connectivity index (χ1n) is 8.08. The monoisotopic (exact) mass is 294 g/mol. The Balaban J connectivity index is 1.83. The SMILES string of the molecule is CCC(N)Cc1cc(F)ccc1OCCCN1CCCC1. The summed E-state index contributed by atoms with van der Waals surface area (Å²) in [7, 11) is 0. The van der Waals surface area contributed by atoms with Gasteiger partial charge in [0.2, 0.25) is 0 Å². The summed E-state index contributed by atoms with van der Waals surface area (Å²) in [5.41, 5.74) is 6.86. The van der Waals surface area contributed by atoms with Crippen LogP contribution in [0.2, 0.25) is 0 Å². The smallest absolute Gasteiger partial charge is 0.123 e. The van der Waals surface area contributed by atoms with Crippen LogP contribution >= 0.6 is 0 Å². The molecule has 3 nitrogen and oxygen atoms in total. The van der Waals surface area contributed by atoms with Gasteiger partial charge in [0.05, 0.1) is 6.61 Å². The summed E-state index contributed by atoms with van der Waals surface area (Å²) < 4.78 is 19.2. The number of nitrogens with zero attached hydrogens (tertiary/aromatic N) is 1. The van der Waals surface area contributed by atoms with E-state index in [-0.39, 0.29) is 11.9 Å². The quantitative estimate of drug-likeness (QED) is 0.749. The summed E-state index contributed by atoms with van der Waals surface area (Å²) in [6.07, 6.45) is 5.19. The summed E-state index contributed by atoms with van der Waals surface area (Å²) >= 11 is 0. The van der Waals surface area contributed by atoms with E-state index < -0.39 is 0 Å². The number of ether oxygens (including phenoxy) is 1. The molecule has 1 aliphatic heterocycles. The first-order chi connectivity index (χ1) is 10.2. The number of hydrogen-bond donors (Lipinski definition) is 1. The van der Waals surface area contributed by atoms with E-state index in [1.54, 1.807) is 12.1 Å². The highest BCUT2D eigenvalue weighted by molar-refractivity contribution is 5.34. The van der Waals surface area contributed by atoms with Gasteiger partial charge < -0.3 is 15.4 Å². The molecule has 118 valence electrons. The lowest BCUT2D eigenvalue weighted by Crippen LogP contribution is -2.23. The number of hydrogen-bond acceptors (Lipinski definition) is 3. The van der Waals surface area contributed by atoms with Gasteiger partial charge in [-0.15, -0.1) is 0 Å². The Morgan fingerprint density at radius 3 is 2.81 bits per heavy atom. The van der Waals surface area contributed by atoms with Crippen molar-refractivity contribution in [2.75, 3.05) is 26.2 Å². The molecule has 1 saturated heterocycles. The molecule has 2 rings (SSSR count). The molecular formula is C17H27FN2O. The average molecular weight is 294 g/mol. The fraction of sp³-hybridized carbons (Fsp3) is 0.647. The number of halogens is 1. The Kier molecular flexibility index (Phi) is 6.46. The third kappa shape index (κ3) is 5.29. The van der Waals surface area contributed by atoms with Gasteiger partial charge in [-0.1, -0.05) is 6.92 Å². The van der Waals surface area contributed by atoms with Crippen molar-refractivity contribution in [2.45, 2.75) is 45.1 Å². The normalized spacial score (nSPS) is 17.1. The molecule has 0 aliphatic carbocycles. The van der Waals surface area contributed by atoms with Crippen molar-refractivity contribution in [3.63, 3.8) is 0 Å². The lowest BCUT2D eigenvalue weighted by Gasteiger charge is -2.17. The van der Waals surface area contributed by atoms with E-state index in [4.69, 9.17) is 10.5 Å². The number of rotatable bonds is 8. The Morgan fingerprint density at radius 1 is 1.33 bits per heavy atom. The Hall–Kier alpha value is -1.13. The fourth-order valence-corrected chi connectivity index (χ4v) is 2.75. The van der Waals surface area contributed by atoms with Crippen LogP contribution in [-0.2, 0) is 6.42 Å². The van der Waals surface area contributed by atoms with Crippen molar-refractivity contribution in [2.24, 2.45) is 5.73 Å². The minimum Gasteiger partial charge on any atom is -0.493 e. The fourth-order valence-electron chi connectivity index (χ4n) is 2.75. The molecule has 1 aromatic carbocycles. The van der Waals surface area contributed by atoms with Gasteiger partial charge in [-0.25, -0.2) is 4.39 Å². The highest BCUT2D eigenvalue weighted by atomic mass is 19.1. The van der Waals surface area contributed by atoms with E-state index in [9.17, 15) is 4.39 Å². The standard InChI is InChI=1S/C17H27FN2O/c1-2-16(19)13-14-12-15(18)6-7-17(14)21-11-5-10-20-8-3-4-9-20/h6-7,12,16H,2-5,8-11,13,19H2,1H3. The van der Waals surface area contributed by atoms with Gasteiger partial charge >= 0.3 is 0 Å². The van der Waals surface area contributed by atoms with E-state index in [1.807, 2.05) is 6.92 Å². The third-order valence-corrected chi connectivity index (χ3v) is 4.10. The second-order valence-electron chi connectivity index (χ2n) is 5.88. The van der Waals surface area contributed by atoms with Crippen LogP contribution in [0.5, 0.6) is 5.75 Å². The molecule has 0 radical (unpaired) electrons. The van der Waals surface area contributed by atoms with Crippen molar-refractivity contribution in [1.29, 1.82) is 0 Å². The van der Waals surface area contributed by atoms with Gasteiger partial charge in [0, 0.05) is 12.6 Å². The van der Waals surface area contributed by atoms with E-state index in [2.05, 4.69) is 4.90 Å². The molecular weight excluding hydrogens is 267 g/mol. The molecule has 1 fully saturated rings. The molecule has 4 heteroatoms. The molecule has 0 spiro atoms. The van der Waals surface area contributed by atoms with Crippen LogP contribution in [0.15, 0.2) is 18.2 Å². The van der Waals surface area contributed by atoms with E-state index in [1.165, 1.54) is 32.0 Å². The summed E-state index contributed by atoms with van der Waals surface area (Å²) in [6, 6.07) is 4.78. The molecule has 0 bridgehead atoms. The van der Waals surface area contributed by atoms with Gasteiger partial charge in [0.25, 0.3) is 0 Å². The highest BCUT2D eigenvalue weighted by Gasteiger charge is 2.12. The topological polar surface area (TPSA) is 38.5 Å². The second-order valence-corrected chi connectivity index (χ2v) is 5.88. The van der Waals surface area contributed by atoms with Crippen LogP contribution in [0.1, 0.15) is 38.2 Å². The molecule has 0 amide bonds. The van der Waals surface area contributed by atoms with E-state index >= 15 is 0 Å². The van der Waals surface area contributed by atoms with Gasteiger partial charge in [-0.2, -0.15) is 0 Å². The predicted molar refractivity (Wildman–Crippen MR) is 84.2 cm³/mol. The first kappa shape index (κ1) is 16.2. The number of likely N-dealkylation sites (tertiary alicyclic amines) is 1. The zero-order valence-corrected chi connectivity index (χ0v) is 13.0. The minimum absolute atomic E-state index is 0.0544. The van der Waals surface area contributed by atoms with Crippen molar-refractivity contribution >= 4 is 0 Å². The Bertz CT molecular complexity index is 433. The maximum Gasteiger partial charge on any atom is 0.123 e. The molecule has 0 aromatic heterocycles. The molecule has 1 heterocycles. The molecule has 0 saturated carbocycles. The summed E-state index contributed by atoms with van der Waals surface area (Å²) in [6.45, 7) is 6.24. The third-order valence-electron chi connectivity index (χ3n) is 4.10. The zero-order valence-electron chi connectivity index (χ0n) is 13.0. The molecule has 1 atom stereocenters. The van der Waals surface area contributed by atoms with Crippen molar-refractivity contribution in [3.05, 3.63) is 29.6 Å². The molecule has 21 heavy (non-hydrogen) atoms. The predicted octanol–water partition coefficient (Wildman–Crippen LogP) is 2.97. The highest BCUT2D eigenvalue weighted by Crippen LogP contribution is 2.22. The molecule has 1 unspecified atom stereocenters. The van der Waals surface area contributed by atoms with Gasteiger partial charge in [-0.3, -0.25) is 0 Å². The van der Waals surface area contributed by atoms with Crippen LogP contribution in [0, 0.1) is 5.82 Å². The van der Waals surface area contributed by atoms with Crippen LogP contribution in [0.25, 0.3) is 0 Å². The molecule has 1 aliphatic rings. The molecule has 1 aromatic rings. The van der Waals surface area contributed by atoms with Gasteiger partial charge in [-0.05, 0) is 69.0 Å². The Morgan fingerprint density at radius 2 is 2.10 bits per heavy atom. The van der Waals surface area contributed by atoms with Crippen molar-refractivity contribution in [1.82, 2.24) is 4.90 Å². The van der Waals surface area contributed by atoms with Crippen LogP contribution < -0.4 is 10.5 Å². The lowest BCUT2D eigenvalue weighted by molar-refractivity contribution is 0.261. The summed E-state index contributed by atoms with van der Waals surface area (Å²) in [5, 5.41) is 0. The first-order valence-corrected chi connectivity index (χ1v) is 8.08. The second kappa shape index (κ2) is 8.35. The lowest BCUT2D eigenvalue weighted by atomic mass is 10.0. The zero-order chi connectivity index (χ0) is 15.1. The number of benzene rings is 1.